The lowest BCUT2D eigenvalue weighted by atomic mass is 9.97. The maximum atomic E-state index is 10.9. The van der Waals surface area contributed by atoms with Gasteiger partial charge in [-0.3, -0.25) is 15.0 Å². The molecule has 0 aromatic rings. The predicted octanol–water partition coefficient (Wildman–Crippen LogP) is -0.0462. The molecule has 1 aliphatic rings. The molecule has 0 saturated heterocycles. The van der Waals surface area contributed by atoms with Gasteiger partial charge in [-0.15, -0.1) is 5.48 Å². The number of rotatable bonds is 4. The molecular formula is C8H13N3O3. The van der Waals surface area contributed by atoms with E-state index in [1.165, 1.54) is 6.08 Å². The molecule has 2 unspecified atom stereocenters. The first-order valence-corrected chi connectivity index (χ1v) is 4.28. The molecule has 14 heavy (non-hydrogen) atoms. The number of hydrogen-bond donors (Lipinski definition) is 2. The third-order valence-corrected chi connectivity index (χ3v) is 1.97. The maximum Gasteiger partial charge on any atom is 0.333 e. The van der Waals surface area contributed by atoms with Gasteiger partial charge in [0.25, 0.3) is 0 Å². The first kappa shape index (κ1) is 10.8. The monoisotopic (exact) mass is 199 g/mol. The lowest BCUT2D eigenvalue weighted by molar-refractivity contribution is -0.577. The summed E-state index contributed by atoms with van der Waals surface area (Å²) in [6.45, 7) is 2.06. The summed E-state index contributed by atoms with van der Waals surface area (Å²) >= 11 is 0. The molecule has 0 amide bonds. The van der Waals surface area contributed by atoms with Crippen molar-refractivity contribution in [1.29, 1.82) is 0 Å². The van der Waals surface area contributed by atoms with Crippen molar-refractivity contribution in [2.75, 3.05) is 6.61 Å². The number of nitrogens with zero attached hydrogens (tertiary/aromatic N) is 1. The minimum absolute atomic E-state index is 0.333. The molecule has 6 nitrogen and oxygen atoms in total. The van der Waals surface area contributed by atoms with E-state index in [0.29, 0.717) is 6.61 Å². The molecule has 0 aromatic heterocycles. The zero-order chi connectivity index (χ0) is 10.6. The lowest BCUT2D eigenvalue weighted by Crippen LogP contribution is -2.62. The topological polar surface area (TPSA) is 90.4 Å². The summed E-state index contributed by atoms with van der Waals surface area (Å²) in [7, 11) is 0. The van der Waals surface area contributed by atoms with E-state index in [9.17, 15) is 10.1 Å². The number of nitrogens with two attached hydrogens (primary N) is 1. The van der Waals surface area contributed by atoms with Crippen molar-refractivity contribution < 1.29 is 9.76 Å². The molecule has 1 aliphatic carbocycles. The number of allylic oxidation sites excluding steroid dienone is 2. The Morgan fingerprint density at radius 3 is 2.93 bits per heavy atom. The number of hydroxylamine groups is 1. The highest BCUT2D eigenvalue weighted by Crippen LogP contribution is 2.17. The van der Waals surface area contributed by atoms with Gasteiger partial charge in [-0.25, -0.2) is 0 Å². The normalized spacial score (nSPS) is 30.6. The molecule has 0 heterocycles. The van der Waals surface area contributed by atoms with Crippen LogP contribution in [-0.2, 0) is 4.84 Å². The number of nitrogens with one attached hydrogen (secondary N) is 1. The van der Waals surface area contributed by atoms with Gasteiger partial charge >= 0.3 is 5.66 Å². The largest absolute Gasteiger partial charge is 0.333 e. The Bertz CT molecular complexity index is 277. The van der Waals surface area contributed by atoms with E-state index < -0.39 is 16.6 Å². The molecule has 6 heteroatoms. The minimum Gasteiger partial charge on any atom is -0.317 e. The quantitative estimate of drug-likeness (QED) is 0.376. The van der Waals surface area contributed by atoms with Crippen LogP contribution in [0.15, 0.2) is 24.3 Å². The van der Waals surface area contributed by atoms with Gasteiger partial charge in [-0.2, -0.15) is 0 Å². The van der Waals surface area contributed by atoms with Gasteiger partial charge < -0.3 is 5.73 Å². The fourth-order valence-corrected chi connectivity index (χ4v) is 1.15. The van der Waals surface area contributed by atoms with E-state index in [1.807, 2.05) is 0 Å². The van der Waals surface area contributed by atoms with Crippen LogP contribution >= 0.6 is 0 Å². The van der Waals surface area contributed by atoms with Gasteiger partial charge in [0.15, 0.2) is 0 Å². The van der Waals surface area contributed by atoms with Crippen molar-refractivity contribution in [2.24, 2.45) is 5.73 Å². The molecule has 78 valence electrons. The van der Waals surface area contributed by atoms with Crippen LogP contribution in [0.25, 0.3) is 0 Å². The average molecular weight is 199 g/mol. The van der Waals surface area contributed by atoms with Gasteiger partial charge in [0.1, 0.15) is 6.04 Å². The molecule has 0 fully saturated rings. The molecular weight excluding hydrogens is 186 g/mol. The highest BCUT2D eigenvalue weighted by atomic mass is 16.7. The van der Waals surface area contributed by atoms with E-state index >= 15 is 0 Å². The molecule has 1 rings (SSSR count). The van der Waals surface area contributed by atoms with E-state index in [4.69, 9.17) is 10.6 Å². The van der Waals surface area contributed by atoms with Crippen LogP contribution < -0.4 is 11.2 Å². The summed E-state index contributed by atoms with van der Waals surface area (Å²) in [4.78, 5) is 15.2. The van der Waals surface area contributed by atoms with Gasteiger partial charge in [-0.05, 0) is 6.92 Å². The fraction of sp³-hybridized carbons (Fsp3) is 0.500. The highest BCUT2D eigenvalue weighted by molar-refractivity contribution is 5.22. The van der Waals surface area contributed by atoms with E-state index in [0.717, 1.165) is 0 Å². The molecule has 0 aliphatic heterocycles. The van der Waals surface area contributed by atoms with E-state index in [1.54, 1.807) is 25.2 Å². The first-order valence-electron chi connectivity index (χ1n) is 4.28. The third-order valence-electron chi connectivity index (χ3n) is 1.97. The fourth-order valence-electron chi connectivity index (χ4n) is 1.15. The van der Waals surface area contributed by atoms with Crippen LogP contribution in [-0.4, -0.2) is 23.2 Å². The lowest BCUT2D eigenvalue weighted by Gasteiger charge is -2.27. The number of nitro groups is 1. The second-order valence-electron chi connectivity index (χ2n) is 2.89. The third kappa shape index (κ3) is 1.82. The van der Waals surface area contributed by atoms with Crippen molar-refractivity contribution in [1.82, 2.24) is 5.48 Å². The predicted molar refractivity (Wildman–Crippen MR) is 50.7 cm³/mol. The Kier molecular flexibility index (Phi) is 3.34. The Hall–Kier alpha value is -1.24. The molecule has 0 bridgehead atoms. The van der Waals surface area contributed by atoms with Gasteiger partial charge in [0.2, 0.25) is 0 Å². The van der Waals surface area contributed by atoms with Crippen molar-refractivity contribution >= 4 is 0 Å². The van der Waals surface area contributed by atoms with Crippen LogP contribution in [0.2, 0.25) is 0 Å². The van der Waals surface area contributed by atoms with E-state index in [2.05, 4.69) is 5.48 Å². The number of hydrogen-bond acceptors (Lipinski definition) is 5. The summed E-state index contributed by atoms with van der Waals surface area (Å²) < 4.78 is 0. The molecule has 0 spiro atoms. The Labute approximate surface area is 81.5 Å². The van der Waals surface area contributed by atoms with E-state index in [-0.39, 0.29) is 0 Å². The van der Waals surface area contributed by atoms with Crippen LogP contribution in [0.1, 0.15) is 6.92 Å². The molecule has 0 aromatic carbocycles. The summed E-state index contributed by atoms with van der Waals surface area (Å²) in [5.74, 6) is 0. The molecule has 0 radical (unpaired) electrons. The van der Waals surface area contributed by atoms with Crippen LogP contribution in [0, 0.1) is 10.1 Å². The summed E-state index contributed by atoms with van der Waals surface area (Å²) in [6, 6.07) is -0.742. The second kappa shape index (κ2) is 4.32. The van der Waals surface area contributed by atoms with Crippen molar-refractivity contribution in [2.45, 2.75) is 18.6 Å². The van der Waals surface area contributed by atoms with Crippen molar-refractivity contribution in [3.8, 4) is 0 Å². The zero-order valence-corrected chi connectivity index (χ0v) is 7.84. The highest BCUT2D eigenvalue weighted by Gasteiger charge is 2.47. The zero-order valence-electron chi connectivity index (χ0n) is 7.84. The summed E-state index contributed by atoms with van der Waals surface area (Å²) in [6.07, 6.45) is 6.17. The Morgan fingerprint density at radius 2 is 2.43 bits per heavy atom. The van der Waals surface area contributed by atoms with Crippen LogP contribution in [0.5, 0.6) is 0 Å². The second-order valence-corrected chi connectivity index (χ2v) is 2.89. The minimum atomic E-state index is -1.55. The average Bonchev–Trinajstić information content (AvgIpc) is 2.16. The smallest absolute Gasteiger partial charge is 0.317 e. The molecule has 2 atom stereocenters. The van der Waals surface area contributed by atoms with Crippen LogP contribution in [0.4, 0.5) is 0 Å². The van der Waals surface area contributed by atoms with Crippen molar-refractivity contribution in [3.63, 3.8) is 0 Å². The van der Waals surface area contributed by atoms with Gasteiger partial charge in [-0.1, -0.05) is 18.2 Å². The van der Waals surface area contributed by atoms with Gasteiger partial charge in [0.05, 0.1) is 11.5 Å². The SMILES string of the molecule is CCONC1([N+](=O)[O-])C=CC=CC1N. The van der Waals surface area contributed by atoms with Crippen LogP contribution in [0.3, 0.4) is 0 Å². The van der Waals surface area contributed by atoms with Crippen molar-refractivity contribution in [3.05, 3.63) is 34.4 Å². The summed E-state index contributed by atoms with van der Waals surface area (Å²) in [5, 5.41) is 10.9. The Morgan fingerprint density at radius 1 is 1.71 bits per heavy atom. The maximum absolute atomic E-state index is 10.9. The summed E-state index contributed by atoms with van der Waals surface area (Å²) in [5.41, 5.74) is 6.45. The molecule has 3 N–H and O–H groups in total. The van der Waals surface area contributed by atoms with Gasteiger partial charge in [0, 0.05) is 6.08 Å². The first-order chi connectivity index (χ1) is 6.63. The standard InChI is InChI=1S/C8H13N3O3/c1-2-14-10-8(11(12)13)6-4-3-5-7(8)9/h3-7,10H,2,9H2,1H3. The Balaban J connectivity index is 2.86. The molecule has 0 saturated carbocycles.